The van der Waals surface area contributed by atoms with Gasteiger partial charge in [0.15, 0.2) is 0 Å². The lowest BCUT2D eigenvalue weighted by Crippen LogP contribution is -2.02. The second-order valence-electron chi connectivity index (χ2n) is 5.13. The Morgan fingerprint density at radius 1 is 0.950 bits per heavy atom. The summed E-state index contributed by atoms with van der Waals surface area (Å²) >= 11 is 0. The summed E-state index contributed by atoms with van der Waals surface area (Å²) in [4.78, 5) is 0. The minimum Gasteiger partial charge on any atom is -0.0985 e. The second-order valence-corrected chi connectivity index (χ2v) is 5.13. The van der Waals surface area contributed by atoms with Crippen molar-refractivity contribution < 1.29 is 0 Å². The molecule has 0 aliphatic heterocycles. The molecule has 0 saturated heterocycles. The number of hydrogen-bond donors (Lipinski definition) is 0. The van der Waals surface area contributed by atoms with Crippen LogP contribution in [0.1, 0.15) is 41.5 Å². The number of rotatable bonds is 6. The van der Waals surface area contributed by atoms with Gasteiger partial charge in [0.25, 0.3) is 0 Å². The van der Waals surface area contributed by atoms with Gasteiger partial charge in [-0.1, -0.05) is 80.8 Å². The van der Waals surface area contributed by atoms with E-state index in [0.29, 0.717) is 5.92 Å². The summed E-state index contributed by atoms with van der Waals surface area (Å²) in [6.07, 6.45) is 6.02. The molecule has 2 aromatic rings. The van der Waals surface area contributed by atoms with E-state index >= 15 is 0 Å². The molecule has 0 N–H and O–H groups in total. The summed E-state index contributed by atoms with van der Waals surface area (Å²) in [6, 6.07) is 17.4. The third-order valence-corrected chi connectivity index (χ3v) is 3.81. The summed E-state index contributed by atoms with van der Waals surface area (Å²) in [5.41, 5.74) is 5.16. The van der Waals surface area contributed by atoms with Crippen LogP contribution in [-0.4, -0.2) is 0 Å². The molecule has 20 heavy (non-hydrogen) atoms. The maximum atomic E-state index is 3.85. The van der Waals surface area contributed by atoms with E-state index in [1.807, 2.05) is 12.2 Å². The number of hydrogen-bond acceptors (Lipinski definition) is 0. The highest BCUT2D eigenvalue weighted by Gasteiger charge is 2.10. The topological polar surface area (TPSA) is 0 Å². The first-order valence-electron chi connectivity index (χ1n) is 7.20. The largest absolute Gasteiger partial charge is 0.0985 e. The fourth-order valence-electron chi connectivity index (χ4n) is 2.51. The summed E-state index contributed by atoms with van der Waals surface area (Å²) in [6.45, 7) is 9.90. The highest BCUT2D eigenvalue weighted by atomic mass is 14.1. The lowest BCUT2D eigenvalue weighted by Gasteiger charge is -2.16. The lowest BCUT2D eigenvalue weighted by atomic mass is 9.89. The van der Waals surface area contributed by atoms with Crippen molar-refractivity contribution in [3.63, 3.8) is 0 Å². The molecule has 0 aliphatic rings. The van der Waals surface area contributed by atoms with Crippen molar-refractivity contribution in [2.45, 2.75) is 25.7 Å². The number of benzene rings is 2. The molecule has 0 bridgehead atoms. The molecule has 102 valence electrons. The van der Waals surface area contributed by atoms with Crippen molar-refractivity contribution in [1.29, 1.82) is 0 Å². The first-order valence-corrected chi connectivity index (χ1v) is 7.20. The van der Waals surface area contributed by atoms with Gasteiger partial charge < -0.3 is 0 Å². The predicted molar refractivity (Wildman–Crippen MR) is 89.8 cm³/mol. The van der Waals surface area contributed by atoms with Gasteiger partial charge in [-0.25, -0.2) is 0 Å². The Morgan fingerprint density at radius 2 is 1.65 bits per heavy atom. The van der Waals surface area contributed by atoms with Gasteiger partial charge in [-0.15, -0.1) is 0 Å². The van der Waals surface area contributed by atoms with E-state index in [2.05, 4.69) is 68.6 Å². The highest BCUT2D eigenvalue weighted by molar-refractivity contribution is 5.49. The molecular formula is C20H22. The minimum absolute atomic E-state index is 0.560. The van der Waals surface area contributed by atoms with E-state index in [9.17, 15) is 0 Å². The van der Waals surface area contributed by atoms with Crippen LogP contribution in [0, 0.1) is 0 Å². The fraction of sp³-hybridized carbons (Fsp3) is 0.200. The Hall–Kier alpha value is -2.08. The molecule has 0 spiro atoms. The van der Waals surface area contributed by atoms with Crippen LogP contribution in [0.5, 0.6) is 0 Å². The average molecular weight is 262 g/mol. The molecular weight excluding hydrogens is 240 g/mol. The van der Waals surface area contributed by atoms with E-state index in [-0.39, 0.29) is 0 Å². The standard InChI is InChI=1S/C20H22/c1-4-16-10-12-18(13-11-16)15-19(6-3)20-9-7-8-17(5-2)14-20/h4-5,7-14,19H,1-2,6,15H2,3H3. The highest BCUT2D eigenvalue weighted by Crippen LogP contribution is 2.25. The zero-order valence-electron chi connectivity index (χ0n) is 12.2. The Morgan fingerprint density at radius 3 is 2.25 bits per heavy atom. The van der Waals surface area contributed by atoms with E-state index in [1.54, 1.807) is 0 Å². The van der Waals surface area contributed by atoms with Gasteiger partial charge >= 0.3 is 0 Å². The monoisotopic (exact) mass is 262 g/mol. The lowest BCUT2D eigenvalue weighted by molar-refractivity contribution is 0.660. The third kappa shape index (κ3) is 3.48. The quantitative estimate of drug-likeness (QED) is 0.625. The van der Waals surface area contributed by atoms with Crippen molar-refractivity contribution in [1.82, 2.24) is 0 Å². The molecule has 1 unspecified atom stereocenters. The van der Waals surface area contributed by atoms with Crippen molar-refractivity contribution >= 4 is 12.2 Å². The maximum Gasteiger partial charge on any atom is -0.0124 e. The molecule has 0 saturated carbocycles. The van der Waals surface area contributed by atoms with Crippen LogP contribution < -0.4 is 0 Å². The fourth-order valence-corrected chi connectivity index (χ4v) is 2.51. The molecule has 0 aliphatic carbocycles. The molecule has 2 aromatic carbocycles. The molecule has 0 nitrogen and oxygen atoms in total. The van der Waals surface area contributed by atoms with Gasteiger partial charge in [-0.2, -0.15) is 0 Å². The Balaban J connectivity index is 2.18. The molecule has 1 atom stereocenters. The van der Waals surface area contributed by atoms with Gasteiger partial charge in [0.05, 0.1) is 0 Å². The zero-order chi connectivity index (χ0) is 14.4. The smallest absolute Gasteiger partial charge is 0.0124 e. The molecule has 0 heterocycles. The normalized spacial score (nSPS) is 11.8. The van der Waals surface area contributed by atoms with E-state index in [0.717, 1.165) is 12.8 Å². The summed E-state index contributed by atoms with van der Waals surface area (Å²) < 4.78 is 0. The second kappa shape index (κ2) is 6.91. The van der Waals surface area contributed by atoms with Crippen LogP contribution in [0.4, 0.5) is 0 Å². The minimum atomic E-state index is 0.560. The van der Waals surface area contributed by atoms with Crippen LogP contribution in [0.3, 0.4) is 0 Å². The molecule has 0 aromatic heterocycles. The van der Waals surface area contributed by atoms with Crippen LogP contribution in [-0.2, 0) is 6.42 Å². The van der Waals surface area contributed by atoms with Gasteiger partial charge in [0, 0.05) is 0 Å². The summed E-state index contributed by atoms with van der Waals surface area (Å²) in [5.74, 6) is 0.560. The first kappa shape index (κ1) is 14.3. The average Bonchev–Trinajstić information content (AvgIpc) is 2.53. The third-order valence-electron chi connectivity index (χ3n) is 3.81. The Bertz CT molecular complexity index is 575. The maximum absolute atomic E-state index is 3.85. The van der Waals surface area contributed by atoms with Crippen LogP contribution in [0.15, 0.2) is 61.7 Å². The van der Waals surface area contributed by atoms with Gasteiger partial charge in [-0.05, 0) is 41.0 Å². The first-order chi connectivity index (χ1) is 9.76. The molecule has 0 amide bonds. The molecule has 2 rings (SSSR count). The van der Waals surface area contributed by atoms with Crippen LogP contribution in [0.25, 0.3) is 12.2 Å². The molecule has 0 fully saturated rings. The predicted octanol–water partition coefficient (Wildman–Crippen LogP) is 5.71. The van der Waals surface area contributed by atoms with Gasteiger partial charge in [0.2, 0.25) is 0 Å². The van der Waals surface area contributed by atoms with Crippen molar-refractivity contribution in [2.24, 2.45) is 0 Å². The van der Waals surface area contributed by atoms with Crippen LogP contribution in [0.2, 0.25) is 0 Å². The van der Waals surface area contributed by atoms with Gasteiger partial charge in [0.1, 0.15) is 0 Å². The summed E-state index contributed by atoms with van der Waals surface area (Å²) in [5, 5.41) is 0. The molecule has 0 radical (unpaired) electrons. The van der Waals surface area contributed by atoms with E-state index in [1.165, 1.54) is 22.3 Å². The van der Waals surface area contributed by atoms with E-state index in [4.69, 9.17) is 0 Å². The van der Waals surface area contributed by atoms with Crippen molar-refractivity contribution in [3.8, 4) is 0 Å². The molecule has 0 heteroatoms. The zero-order valence-corrected chi connectivity index (χ0v) is 12.2. The van der Waals surface area contributed by atoms with Gasteiger partial charge in [-0.3, -0.25) is 0 Å². The SMILES string of the molecule is C=Cc1ccc(CC(CC)c2cccc(C=C)c2)cc1. The summed E-state index contributed by atoms with van der Waals surface area (Å²) in [7, 11) is 0. The Kier molecular flexibility index (Phi) is 4.95. The Labute approximate surface area is 122 Å². The van der Waals surface area contributed by atoms with Crippen molar-refractivity contribution in [2.75, 3.05) is 0 Å². The van der Waals surface area contributed by atoms with E-state index < -0.39 is 0 Å². The van der Waals surface area contributed by atoms with Crippen LogP contribution >= 0.6 is 0 Å². The van der Waals surface area contributed by atoms with Crippen molar-refractivity contribution in [3.05, 3.63) is 83.9 Å².